The Labute approximate surface area is 126 Å². The lowest BCUT2D eigenvalue weighted by Gasteiger charge is -2.20. The van der Waals surface area contributed by atoms with Gasteiger partial charge in [0.2, 0.25) is 5.60 Å². The number of tetrazole rings is 1. The topological polar surface area (TPSA) is 90.1 Å². The molecule has 0 spiro atoms. The van der Waals surface area contributed by atoms with E-state index in [2.05, 4.69) is 15.5 Å². The predicted octanol–water partition coefficient (Wildman–Crippen LogP) is 2.06. The summed E-state index contributed by atoms with van der Waals surface area (Å²) in [6.45, 7) is 2.88. The molecule has 1 heterocycles. The molecule has 0 bridgehead atoms. The number of carbonyl (C=O) groups is 1. The molecule has 1 N–H and O–H groups in total. The van der Waals surface area contributed by atoms with Gasteiger partial charge in [0.1, 0.15) is 0 Å². The molecule has 3 rings (SSSR count). The summed E-state index contributed by atoms with van der Waals surface area (Å²) in [5.74, 6) is -1.10. The van der Waals surface area contributed by atoms with Gasteiger partial charge in [-0.2, -0.15) is 4.68 Å². The van der Waals surface area contributed by atoms with Crippen LogP contribution in [-0.4, -0.2) is 36.9 Å². The van der Waals surface area contributed by atoms with Crippen molar-refractivity contribution in [3.8, 4) is 11.7 Å². The third-order valence-corrected chi connectivity index (χ3v) is 3.30. The van der Waals surface area contributed by atoms with Crippen molar-refractivity contribution in [1.82, 2.24) is 20.2 Å². The van der Waals surface area contributed by atoms with E-state index in [4.69, 9.17) is 4.74 Å². The van der Waals surface area contributed by atoms with Gasteiger partial charge in [-0.25, -0.2) is 4.79 Å². The number of hydrogen-bond donors (Lipinski definition) is 1. The van der Waals surface area contributed by atoms with Crippen molar-refractivity contribution >= 4 is 16.7 Å². The summed E-state index contributed by atoms with van der Waals surface area (Å²) in [6, 6.07) is 13.5. The maximum absolute atomic E-state index is 11.2. The molecule has 22 heavy (non-hydrogen) atoms. The molecule has 112 valence electrons. The number of aromatic nitrogens is 4. The van der Waals surface area contributed by atoms with Gasteiger partial charge in [-0.05, 0) is 35.7 Å². The highest BCUT2D eigenvalue weighted by Crippen LogP contribution is 2.25. The Hall–Kier alpha value is -2.96. The summed E-state index contributed by atoms with van der Waals surface area (Å²) in [7, 11) is 0. The highest BCUT2D eigenvalue weighted by Gasteiger charge is 2.32. The van der Waals surface area contributed by atoms with Crippen LogP contribution >= 0.6 is 0 Å². The minimum atomic E-state index is -1.43. The Balaban J connectivity index is 2.10. The van der Waals surface area contributed by atoms with Crippen molar-refractivity contribution in [2.45, 2.75) is 19.4 Å². The molecule has 7 nitrogen and oxygen atoms in total. The Bertz CT molecular complexity index is 836. The summed E-state index contributed by atoms with van der Waals surface area (Å²) in [6.07, 6.45) is 0. The average Bonchev–Trinajstić information content (AvgIpc) is 2.93. The second kappa shape index (κ2) is 5.10. The summed E-state index contributed by atoms with van der Waals surface area (Å²) >= 11 is 0. The molecular weight excluding hydrogens is 284 g/mol. The molecule has 1 aromatic heterocycles. The van der Waals surface area contributed by atoms with Crippen molar-refractivity contribution in [2.24, 2.45) is 0 Å². The lowest BCUT2D eigenvalue weighted by atomic mass is 10.1. The summed E-state index contributed by atoms with van der Waals surface area (Å²) in [4.78, 5) is 11.2. The van der Waals surface area contributed by atoms with E-state index >= 15 is 0 Å². The van der Waals surface area contributed by atoms with Gasteiger partial charge in [0.15, 0.2) is 0 Å². The van der Waals surface area contributed by atoms with Crippen LogP contribution in [0.2, 0.25) is 0 Å². The molecule has 2 aromatic carbocycles. The van der Waals surface area contributed by atoms with Crippen LogP contribution in [0.4, 0.5) is 0 Å². The van der Waals surface area contributed by atoms with Crippen molar-refractivity contribution < 1.29 is 14.6 Å². The number of benzene rings is 2. The number of rotatable bonds is 4. The highest BCUT2D eigenvalue weighted by atomic mass is 16.5. The zero-order chi connectivity index (χ0) is 15.7. The lowest BCUT2D eigenvalue weighted by molar-refractivity contribution is -0.152. The van der Waals surface area contributed by atoms with Gasteiger partial charge in [-0.1, -0.05) is 41.5 Å². The van der Waals surface area contributed by atoms with Gasteiger partial charge in [-0.15, -0.1) is 0 Å². The first-order valence-electron chi connectivity index (χ1n) is 6.68. The van der Waals surface area contributed by atoms with Gasteiger partial charge >= 0.3 is 12.0 Å². The van der Waals surface area contributed by atoms with E-state index < -0.39 is 11.6 Å². The average molecular weight is 298 g/mol. The maximum atomic E-state index is 11.2. The van der Waals surface area contributed by atoms with E-state index in [-0.39, 0.29) is 6.01 Å². The van der Waals surface area contributed by atoms with E-state index in [9.17, 15) is 9.90 Å². The molecule has 0 saturated heterocycles. The number of nitrogens with zero attached hydrogens (tertiary/aromatic N) is 4. The number of aliphatic carboxylic acids is 1. The van der Waals surface area contributed by atoms with Gasteiger partial charge in [0.05, 0.1) is 5.69 Å². The first-order chi connectivity index (χ1) is 10.5. The van der Waals surface area contributed by atoms with Crippen molar-refractivity contribution in [2.75, 3.05) is 0 Å². The van der Waals surface area contributed by atoms with Crippen LogP contribution in [-0.2, 0) is 4.79 Å². The van der Waals surface area contributed by atoms with Crippen LogP contribution in [0.15, 0.2) is 42.5 Å². The molecule has 3 aromatic rings. The molecule has 0 fully saturated rings. The summed E-state index contributed by atoms with van der Waals surface area (Å²) in [5.41, 5.74) is -0.712. The normalized spacial score (nSPS) is 11.5. The van der Waals surface area contributed by atoms with Crippen LogP contribution < -0.4 is 4.74 Å². The number of carboxylic acids is 1. The quantitative estimate of drug-likeness (QED) is 0.793. The Kier molecular flexibility index (Phi) is 3.25. The minimum absolute atomic E-state index is 0.0313. The number of ether oxygens (including phenoxy) is 1. The van der Waals surface area contributed by atoms with Crippen LogP contribution in [0.3, 0.4) is 0 Å². The van der Waals surface area contributed by atoms with Crippen LogP contribution in [0, 0.1) is 0 Å². The fourth-order valence-corrected chi connectivity index (χ4v) is 2.06. The molecule has 0 unspecified atom stereocenters. The van der Waals surface area contributed by atoms with Crippen LogP contribution in [0.1, 0.15) is 13.8 Å². The first-order valence-corrected chi connectivity index (χ1v) is 6.68. The number of hydrogen-bond acceptors (Lipinski definition) is 5. The Morgan fingerprint density at radius 1 is 1.18 bits per heavy atom. The zero-order valence-electron chi connectivity index (χ0n) is 12.1. The minimum Gasteiger partial charge on any atom is -0.478 e. The predicted molar refractivity (Wildman–Crippen MR) is 79.0 cm³/mol. The monoisotopic (exact) mass is 298 g/mol. The second-order valence-corrected chi connectivity index (χ2v) is 5.29. The smallest absolute Gasteiger partial charge is 0.347 e. The third-order valence-electron chi connectivity index (χ3n) is 3.30. The Morgan fingerprint density at radius 3 is 2.68 bits per heavy atom. The molecule has 0 radical (unpaired) electrons. The molecule has 0 aliphatic rings. The molecular formula is C15H14N4O3. The van der Waals surface area contributed by atoms with E-state index in [0.717, 1.165) is 16.5 Å². The third kappa shape index (κ3) is 2.37. The largest absolute Gasteiger partial charge is 0.478 e. The maximum Gasteiger partial charge on any atom is 0.347 e. The van der Waals surface area contributed by atoms with Gasteiger partial charge in [-0.3, -0.25) is 0 Å². The lowest BCUT2D eigenvalue weighted by Crippen LogP contribution is -2.38. The molecule has 0 aliphatic heterocycles. The fraction of sp³-hybridized carbons (Fsp3) is 0.200. The first kappa shape index (κ1) is 14.0. The second-order valence-electron chi connectivity index (χ2n) is 5.29. The number of carboxylic acid groups (broad SMARTS) is 1. The highest BCUT2D eigenvalue weighted by molar-refractivity contribution is 5.90. The molecule has 0 saturated carbocycles. The van der Waals surface area contributed by atoms with E-state index in [1.807, 2.05) is 42.5 Å². The van der Waals surface area contributed by atoms with E-state index in [0.29, 0.717) is 0 Å². The molecule has 0 aliphatic carbocycles. The van der Waals surface area contributed by atoms with Gasteiger partial charge in [0.25, 0.3) is 0 Å². The standard InChI is InChI=1S/C15H14N4O3/c1-15(2,13(20)21)22-14-16-17-18-19(14)12-9-5-7-10-6-3-4-8-11(10)12/h3-9H,1-2H3,(H,20,21). The van der Waals surface area contributed by atoms with E-state index in [1.54, 1.807) is 0 Å². The summed E-state index contributed by atoms with van der Waals surface area (Å²) in [5, 5.41) is 22.4. The number of fused-ring (bicyclic) bond motifs is 1. The fourth-order valence-electron chi connectivity index (χ4n) is 2.06. The molecule has 7 heteroatoms. The van der Waals surface area contributed by atoms with Crippen molar-refractivity contribution in [3.05, 3.63) is 42.5 Å². The van der Waals surface area contributed by atoms with Crippen molar-refractivity contribution in [1.29, 1.82) is 0 Å². The van der Waals surface area contributed by atoms with E-state index in [1.165, 1.54) is 18.5 Å². The zero-order valence-corrected chi connectivity index (χ0v) is 12.1. The van der Waals surface area contributed by atoms with Gasteiger partial charge in [0, 0.05) is 5.39 Å². The van der Waals surface area contributed by atoms with Crippen LogP contribution in [0.5, 0.6) is 6.01 Å². The molecule has 0 atom stereocenters. The SMILES string of the molecule is CC(C)(Oc1nnnn1-c1cccc2ccccc12)C(=O)O. The summed E-state index contributed by atoms with van der Waals surface area (Å²) < 4.78 is 6.86. The van der Waals surface area contributed by atoms with Crippen LogP contribution in [0.25, 0.3) is 16.5 Å². The van der Waals surface area contributed by atoms with Gasteiger partial charge < -0.3 is 9.84 Å². The van der Waals surface area contributed by atoms with Crippen molar-refractivity contribution in [3.63, 3.8) is 0 Å². The molecule has 0 amide bonds. The Morgan fingerprint density at radius 2 is 1.91 bits per heavy atom.